The van der Waals surface area contributed by atoms with Gasteiger partial charge in [-0.25, -0.2) is 0 Å². The van der Waals surface area contributed by atoms with Crippen molar-refractivity contribution in [2.45, 2.75) is 32.2 Å². The van der Waals surface area contributed by atoms with Crippen molar-refractivity contribution in [1.82, 2.24) is 4.90 Å². The topological polar surface area (TPSA) is 20.3 Å². The minimum Gasteiger partial charge on any atom is -0.293 e. The molecule has 0 bridgehead atoms. The van der Waals surface area contributed by atoms with Gasteiger partial charge in [0.15, 0.2) is 0 Å². The first-order valence-corrected chi connectivity index (χ1v) is 4.72. The summed E-state index contributed by atoms with van der Waals surface area (Å²) in [5, 5.41) is 0. The molecule has 0 N–H and O–H groups in total. The van der Waals surface area contributed by atoms with Gasteiger partial charge in [-0.1, -0.05) is 19.8 Å². The molecule has 0 heterocycles. The average Bonchev–Trinajstić information content (AvgIpc) is 2.80. The highest BCUT2D eigenvalue weighted by Crippen LogP contribution is 2.39. The fraction of sp³-hybridized carbons (Fsp3) is 0.727. The molecule has 1 aliphatic rings. The van der Waals surface area contributed by atoms with Crippen LogP contribution < -0.4 is 0 Å². The van der Waals surface area contributed by atoms with Crippen LogP contribution in [0.5, 0.6) is 0 Å². The lowest BCUT2D eigenvalue weighted by Crippen LogP contribution is -2.28. The third kappa shape index (κ3) is 2.32. The lowest BCUT2D eigenvalue weighted by atomic mass is 10.1. The first-order chi connectivity index (χ1) is 5.98. The van der Waals surface area contributed by atoms with Crippen LogP contribution >= 0.6 is 0 Å². The number of hydrogen-bond donors (Lipinski definition) is 0. The number of carbonyl (C=O) groups is 1. The molecule has 1 aliphatic carbocycles. The van der Waals surface area contributed by atoms with Gasteiger partial charge in [-0.15, -0.1) is 0 Å². The Morgan fingerprint density at radius 1 is 1.38 bits per heavy atom. The Morgan fingerprint density at radius 3 is 2.23 bits per heavy atom. The Morgan fingerprint density at radius 2 is 1.92 bits per heavy atom. The molecule has 0 saturated heterocycles. The molecule has 1 fully saturated rings. The van der Waals surface area contributed by atoms with Gasteiger partial charge in [0, 0.05) is 5.92 Å². The Bertz CT molecular complexity index is 264. The average molecular weight is 179 g/mol. The van der Waals surface area contributed by atoms with E-state index in [9.17, 15) is 4.79 Å². The second-order valence-corrected chi connectivity index (χ2v) is 4.19. The van der Waals surface area contributed by atoms with E-state index in [1.807, 2.05) is 27.9 Å². The van der Waals surface area contributed by atoms with Crippen LogP contribution in [0.4, 0.5) is 0 Å². The van der Waals surface area contributed by atoms with Crippen LogP contribution in [0, 0.1) is 17.8 Å². The first kappa shape index (κ1) is 10.3. The Labute approximate surface area is 80.3 Å². The third-order valence-electron chi connectivity index (χ3n) is 2.52. The van der Waals surface area contributed by atoms with Crippen LogP contribution in [0.1, 0.15) is 26.7 Å². The molecule has 72 valence electrons. The molecule has 1 rings (SSSR count). The molecule has 0 spiro atoms. The summed E-state index contributed by atoms with van der Waals surface area (Å²) in [5.41, 5.74) is 0.0184. The van der Waals surface area contributed by atoms with Crippen molar-refractivity contribution in [2.24, 2.45) is 5.92 Å². The fourth-order valence-corrected chi connectivity index (χ4v) is 1.12. The molecular weight excluding hydrogens is 162 g/mol. The first-order valence-electron chi connectivity index (χ1n) is 4.72. The van der Waals surface area contributed by atoms with Crippen LogP contribution in [0.15, 0.2) is 0 Å². The number of nitrogens with zero attached hydrogens (tertiary/aromatic N) is 1. The third-order valence-corrected chi connectivity index (χ3v) is 2.52. The van der Waals surface area contributed by atoms with E-state index in [0.717, 1.165) is 12.8 Å². The van der Waals surface area contributed by atoms with Crippen LogP contribution in [0.25, 0.3) is 0 Å². The van der Waals surface area contributed by atoms with E-state index in [1.54, 1.807) is 0 Å². The summed E-state index contributed by atoms with van der Waals surface area (Å²) in [6.07, 6.45) is 2.19. The predicted molar refractivity (Wildman–Crippen MR) is 53.3 cm³/mol. The van der Waals surface area contributed by atoms with Crippen molar-refractivity contribution < 1.29 is 4.79 Å². The van der Waals surface area contributed by atoms with Gasteiger partial charge in [0.2, 0.25) is 5.78 Å². The number of Topliss-reactive ketones (excluding diaryl/α,β-unsaturated/α-hetero) is 1. The maximum Gasteiger partial charge on any atom is 0.208 e. The number of ketones is 1. The largest absolute Gasteiger partial charge is 0.293 e. The quantitative estimate of drug-likeness (QED) is 0.470. The van der Waals surface area contributed by atoms with Crippen molar-refractivity contribution in [3.63, 3.8) is 0 Å². The zero-order chi connectivity index (χ0) is 10.1. The lowest BCUT2D eigenvalue weighted by molar-refractivity contribution is -0.116. The Kier molecular flexibility index (Phi) is 2.77. The molecular formula is C11H17NO. The summed E-state index contributed by atoms with van der Waals surface area (Å²) in [5.74, 6) is 5.89. The molecule has 1 saturated carbocycles. The van der Waals surface area contributed by atoms with E-state index < -0.39 is 0 Å². The molecule has 0 atom stereocenters. The smallest absolute Gasteiger partial charge is 0.208 e. The van der Waals surface area contributed by atoms with Crippen LogP contribution in [-0.2, 0) is 4.79 Å². The lowest BCUT2D eigenvalue weighted by Gasteiger charge is -2.16. The summed E-state index contributed by atoms with van der Waals surface area (Å²) in [7, 11) is 4.03. The molecule has 0 aromatic heterocycles. The standard InChI is InChI=1S/C11H17NO/c1-9(2)10(13)5-6-11(7-8-11)12(3)4/h9H,7-8H2,1-4H3. The highest BCUT2D eigenvalue weighted by molar-refractivity contribution is 5.97. The Hall–Kier alpha value is -0.810. The van der Waals surface area contributed by atoms with E-state index >= 15 is 0 Å². The van der Waals surface area contributed by atoms with Gasteiger partial charge in [0.1, 0.15) is 0 Å². The van der Waals surface area contributed by atoms with Gasteiger partial charge in [-0.2, -0.15) is 0 Å². The molecule has 13 heavy (non-hydrogen) atoms. The van der Waals surface area contributed by atoms with E-state index in [4.69, 9.17) is 0 Å². The normalized spacial score (nSPS) is 18.3. The van der Waals surface area contributed by atoms with Crippen molar-refractivity contribution >= 4 is 5.78 Å². The molecule has 2 heteroatoms. The van der Waals surface area contributed by atoms with E-state index in [2.05, 4.69) is 16.7 Å². The van der Waals surface area contributed by atoms with Crippen molar-refractivity contribution in [3.8, 4) is 11.8 Å². The zero-order valence-electron chi connectivity index (χ0n) is 8.85. The van der Waals surface area contributed by atoms with Crippen molar-refractivity contribution in [1.29, 1.82) is 0 Å². The molecule has 0 aliphatic heterocycles. The van der Waals surface area contributed by atoms with E-state index in [1.165, 1.54) is 0 Å². The second-order valence-electron chi connectivity index (χ2n) is 4.19. The van der Waals surface area contributed by atoms with Gasteiger partial charge in [0.25, 0.3) is 0 Å². The summed E-state index contributed by atoms with van der Waals surface area (Å²) in [4.78, 5) is 13.4. The number of rotatable bonds is 2. The van der Waals surface area contributed by atoms with Gasteiger partial charge in [-0.05, 0) is 32.9 Å². The van der Waals surface area contributed by atoms with Crippen LogP contribution in [-0.4, -0.2) is 30.3 Å². The minimum absolute atomic E-state index is 0.0184. The van der Waals surface area contributed by atoms with Gasteiger partial charge < -0.3 is 0 Å². The van der Waals surface area contributed by atoms with Crippen molar-refractivity contribution in [3.05, 3.63) is 0 Å². The monoisotopic (exact) mass is 179 g/mol. The summed E-state index contributed by atoms with van der Waals surface area (Å²) in [6, 6.07) is 0. The predicted octanol–water partition coefficient (Wildman–Crippen LogP) is 1.31. The summed E-state index contributed by atoms with van der Waals surface area (Å²) >= 11 is 0. The van der Waals surface area contributed by atoms with E-state index in [0.29, 0.717) is 0 Å². The van der Waals surface area contributed by atoms with Gasteiger partial charge >= 0.3 is 0 Å². The highest BCUT2D eigenvalue weighted by Gasteiger charge is 2.43. The molecule has 0 aromatic carbocycles. The highest BCUT2D eigenvalue weighted by atomic mass is 16.1. The zero-order valence-corrected chi connectivity index (χ0v) is 8.85. The van der Waals surface area contributed by atoms with Gasteiger partial charge in [-0.3, -0.25) is 9.69 Å². The number of hydrogen-bond acceptors (Lipinski definition) is 2. The van der Waals surface area contributed by atoms with Crippen molar-refractivity contribution in [2.75, 3.05) is 14.1 Å². The van der Waals surface area contributed by atoms with Gasteiger partial charge in [0.05, 0.1) is 5.54 Å². The maximum atomic E-state index is 11.2. The summed E-state index contributed by atoms with van der Waals surface area (Å²) in [6.45, 7) is 3.76. The van der Waals surface area contributed by atoms with E-state index in [-0.39, 0.29) is 17.2 Å². The molecule has 0 aromatic rings. The second kappa shape index (κ2) is 3.51. The molecule has 0 unspecified atom stereocenters. The fourth-order valence-electron chi connectivity index (χ4n) is 1.12. The van der Waals surface area contributed by atoms with Crippen LogP contribution in [0.2, 0.25) is 0 Å². The summed E-state index contributed by atoms with van der Waals surface area (Å²) < 4.78 is 0. The number of carbonyl (C=O) groups excluding carboxylic acids is 1. The van der Waals surface area contributed by atoms with Crippen LogP contribution in [0.3, 0.4) is 0 Å². The minimum atomic E-state index is 0.0184. The molecule has 2 nitrogen and oxygen atoms in total. The Balaban J connectivity index is 2.62. The molecule has 0 radical (unpaired) electrons. The molecule has 0 amide bonds. The maximum absolute atomic E-state index is 11.2. The SMILES string of the molecule is CC(C)C(=O)C#CC1(N(C)C)CC1.